The highest BCUT2D eigenvalue weighted by Crippen LogP contribution is 2.20. The van der Waals surface area contributed by atoms with Crippen LogP contribution >= 0.6 is 11.8 Å². The standard InChI is InChI=1S/C20H25N3OS/c1-15-2-3-17(14-23-8-10-25-11-9-23)12-19(15)22-20(24)18-6-4-16(13-21)5-7-18/h2-7,12H,8-11,13-14,21H2,1H3,(H,22,24). The van der Waals surface area contributed by atoms with E-state index in [1.807, 2.05) is 43.0 Å². The minimum Gasteiger partial charge on any atom is -0.326 e. The van der Waals surface area contributed by atoms with Gasteiger partial charge in [0.15, 0.2) is 0 Å². The van der Waals surface area contributed by atoms with Gasteiger partial charge in [-0.15, -0.1) is 0 Å². The first-order valence-corrected chi connectivity index (χ1v) is 9.81. The van der Waals surface area contributed by atoms with Crippen molar-refractivity contribution in [2.75, 3.05) is 29.9 Å². The van der Waals surface area contributed by atoms with Crippen molar-refractivity contribution in [3.05, 3.63) is 64.7 Å². The minimum absolute atomic E-state index is 0.0850. The average Bonchev–Trinajstić information content (AvgIpc) is 2.65. The molecule has 2 aromatic carbocycles. The molecule has 0 radical (unpaired) electrons. The van der Waals surface area contributed by atoms with Crippen LogP contribution in [0.3, 0.4) is 0 Å². The molecule has 1 saturated heterocycles. The van der Waals surface area contributed by atoms with Gasteiger partial charge in [0.25, 0.3) is 5.91 Å². The topological polar surface area (TPSA) is 58.4 Å². The van der Waals surface area contributed by atoms with Crippen LogP contribution in [0, 0.1) is 6.92 Å². The third-order valence-corrected chi connectivity index (χ3v) is 5.45. The molecule has 1 aliphatic rings. The van der Waals surface area contributed by atoms with Gasteiger partial charge in [-0.1, -0.05) is 24.3 Å². The number of hydrogen-bond acceptors (Lipinski definition) is 4. The number of nitrogens with zero attached hydrogens (tertiary/aromatic N) is 1. The van der Waals surface area contributed by atoms with E-state index in [4.69, 9.17) is 5.73 Å². The number of carbonyl (C=O) groups is 1. The normalized spacial score (nSPS) is 15.1. The van der Waals surface area contributed by atoms with Crippen LogP contribution in [-0.2, 0) is 13.1 Å². The van der Waals surface area contributed by atoms with Gasteiger partial charge in [-0.3, -0.25) is 9.69 Å². The van der Waals surface area contributed by atoms with Crippen molar-refractivity contribution in [2.45, 2.75) is 20.0 Å². The summed E-state index contributed by atoms with van der Waals surface area (Å²) >= 11 is 2.02. The van der Waals surface area contributed by atoms with Gasteiger partial charge in [0, 0.05) is 48.9 Å². The van der Waals surface area contributed by atoms with E-state index in [1.165, 1.54) is 17.1 Å². The Bertz CT molecular complexity index is 724. The number of amides is 1. The quantitative estimate of drug-likeness (QED) is 0.864. The molecule has 0 saturated carbocycles. The number of rotatable bonds is 5. The molecule has 1 heterocycles. The summed E-state index contributed by atoms with van der Waals surface area (Å²) in [6.07, 6.45) is 0. The van der Waals surface area contributed by atoms with Crippen molar-refractivity contribution in [3.63, 3.8) is 0 Å². The molecule has 3 N–H and O–H groups in total. The largest absolute Gasteiger partial charge is 0.326 e. The lowest BCUT2D eigenvalue weighted by Crippen LogP contribution is -2.32. The lowest BCUT2D eigenvalue weighted by Gasteiger charge is -2.26. The predicted octanol–water partition coefficient (Wildman–Crippen LogP) is 3.25. The Balaban J connectivity index is 1.69. The SMILES string of the molecule is Cc1ccc(CN2CCSCC2)cc1NC(=O)c1ccc(CN)cc1. The number of benzene rings is 2. The maximum absolute atomic E-state index is 12.5. The van der Waals surface area contributed by atoms with E-state index < -0.39 is 0 Å². The fraction of sp³-hybridized carbons (Fsp3) is 0.350. The zero-order valence-electron chi connectivity index (χ0n) is 14.6. The Hall–Kier alpha value is -1.82. The van der Waals surface area contributed by atoms with Crippen LogP contribution in [-0.4, -0.2) is 35.4 Å². The third kappa shape index (κ3) is 4.84. The lowest BCUT2D eigenvalue weighted by atomic mass is 10.1. The van der Waals surface area contributed by atoms with Crippen molar-refractivity contribution in [1.29, 1.82) is 0 Å². The van der Waals surface area contributed by atoms with Crippen molar-refractivity contribution in [3.8, 4) is 0 Å². The molecule has 0 atom stereocenters. The number of thioether (sulfide) groups is 1. The van der Waals surface area contributed by atoms with Gasteiger partial charge in [-0.2, -0.15) is 11.8 Å². The first kappa shape index (κ1) is 18.0. The molecule has 0 aliphatic carbocycles. The van der Waals surface area contributed by atoms with Crippen LogP contribution < -0.4 is 11.1 Å². The summed E-state index contributed by atoms with van der Waals surface area (Å²) in [6, 6.07) is 13.8. The van der Waals surface area contributed by atoms with Gasteiger partial charge in [0.2, 0.25) is 0 Å². The van der Waals surface area contributed by atoms with Crippen molar-refractivity contribution >= 4 is 23.4 Å². The number of hydrogen-bond donors (Lipinski definition) is 2. The second-order valence-corrected chi connectivity index (χ2v) is 7.62. The molecular formula is C20H25N3OS. The Morgan fingerprint density at radius 1 is 1.12 bits per heavy atom. The molecule has 0 aromatic heterocycles. The Labute approximate surface area is 153 Å². The predicted molar refractivity (Wildman–Crippen MR) is 106 cm³/mol. The molecule has 5 heteroatoms. The van der Waals surface area contributed by atoms with E-state index in [9.17, 15) is 4.79 Å². The molecule has 3 rings (SSSR count). The fourth-order valence-corrected chi connectivity index (χ4v) is 3.89. The highest BCUT2D eigenvalue weighted by atomic mass is 32.2. The first-order valence-electron chi connectivity index (χ1n) is 8.65. The zero-order chi connectivity index (χ0) is 17.6. The maximum Gasteiger partial charge on any atom is 0.255 e. The second-order valence-electron chi connectivity index (χ2n) is 6.39. The van der Waals surface area contributed by atoms with Crippen LogP contribution in [0.5, 0.6) is 0 Å². The van der Waals surface area contributed by atoms with Crippen LogP contribution in [0.1, 0.15) is 27.0 Å². The van der Waals surface area contributed by atoms with E-state index >= 15 is 0 Å². The van der Waals surface area contributed by atoms with Crippen LogP contribution in [0.4, 0.5) is 5.69 Å². The molecule has 1 fully saturated rings. The van der Waals surface area contributed by atoms with Crippen LogP contribution in [0.25, 0.3) is 0 Å². The molecule has 132 valence electrons. The number of carbonyl (C=O) groups excluding carboxylic acids is 1. The van der Waals surface area contributed by atoms with Gasteiger partial charge >= 0.3 is 0 Å². The van der Waals surface area contributed by atoms with Gasteiger partial charge in [-0.05, 0) is 41.8 Å². The van der Waals surface area contributed by atoms with E-state index in [0.29, 0.717) is 12.1 Å². The molecule has 0 spiro atoms. The number of nitrogens with two attached hydrogens (primary N) is 1. The van der Waals surface area contributed by atoms with E-state index in [2.05, 4.69) is 28.4 Å². The number of nitrogens with one attached hydrogen (secondary N) is 1. The molecule has 0 bridgehead atoms. The maximum atomic E-state index is 12.5. The van der Waals surface area contributed by atoms with E-state index in [1.54, 1.807) is 0 Å². The molecular weight excluding hydrogens is 330 g/mol. The molecule has 4 nitrogen and oxygen atoms in total. The molecule has 1 amide bonds. The van der Waals surface area contributed by atoms with Crippen molar-refractivity contribution < 1.29 is 4.79 Å². The smallest absolute Gasteiger partial charge is 0.255 e. The van der Waals surface area contributed by atoms with Gasteiger partial charge in [0.05, 0.1) is 0 Å². The average molecular weight is 356 g/mol. The van der Waals surface area contributed by atoms with E-state index in [-0.39, 0.29) is 5.91 Å². The monoisotopic (exact) mass is 355 g/mol. The molecule has 25 heavy (non-hydrogen) atoms. The highest BCUT2D eigenvalue weighted by Gasteiger charge is 2.13. The molecule has 1 aliphatic heterocycles. The van der Waals surface area contributed by atoms with Crippen molar-refractivity contribution in [1.82, 2.24) is 4.90 Å². The Kier molecular flexibility index (Phi) is 6.13. The zero-order valence-corrected chi connectivity index (χ0v) is 15.4. The van der Waals surface area contributed by atoms with Gasteiger partial charge < -0.3 is 11.1 Å². The minimum atomic E-state index is -0.0850. The number of aryl methyl sites for hydroxylation is 1. The van der Waals surface area contributed by atoms with Crippen molar-refractivity contribution in [2.24, 2.45) is 5.73 Å². The second kappa shape index (κ2) is 8.52. The van der Waals surface area contributed by atoms with Crippen LogP contribution in [0.2, 0.25) is 0 Å². The summed E-state index contributed by atoms with van der Waals surface area (Å²) < 4.78 is 0. The molecule has 0 unspecified atom stereocenters. The summed E-state index contributed by atoms with van der Waals surface area (Å²) in [5.41, 5.74) is 10.5. The lowest BCUT2D eigenvalue weighted by molar-refractivity contribution is 0.102. The van der Waals surface area contributed by atoms with Crippen LogP contribution in [0.15, 0.2) is 42.5 Å². The summed E-state index contributed by atoms with van der Waals surface area (Å²) in [5, 5.41) is 3.05. The fourth-order valence-electron chi connectivity index (χ4n) is 2.91. The Morgan fingerprint density at radius 3 is 2.48 bits per heavy atom. The summed E-state index contributed by atoms with van der Waals surface area (Å²) in [5.74, 6) is 2.32. The number of anilines is 1. The Morgan fingerprint density at radius 2 is 1.80 bits per heavy atom. The first-order chi connectivity index (χ1) is 12.2. The summed E-state index contributed by atoms with van der Waals surface area (Å²) in [7, 11) is 0. The highest BCUT2D eigenvalue weighted by molar-refractivity contribution is 7.99. The summed E-state index contributed by atoms with van der Waals surface area (Å²) in [4.78, 5) is 15.0. The van der Waals surface area contributed by atoms with Gasteiger partial charge in [-0.25, -0.2) is 0 Å². The van der Waals surface area contributed by atoms with Gasteiger partial charge in [0.1, 0.15) is 0 Å². The summed E-state index contributed by atoms with van der Waals surface area (Å²) in [6.45, 7) is 5.71. The van der Waals surface area contributed by atoms with E-state index in [0.717, 1.165) is 36.4 Å². The third-order valence-electron chi connectivity index (χ3n) is 4.51. The molecule has 2 aromatic rings.